The van der Waals surface area contributed by atoms with Gasteiger partial charge in [-0.2, -0.15) is 8.42 Å². The standard InChI is InChI=1S/C33H36BrNO8S/c1-6-42-26-13-19(12-21(34)31(26)43-44(40,41)20-10-8-7-9-11-20)28-29-22(14-32(2,3)16-24(29)36)35(18-27(38)39)23-15-33(4,5)17-25(37)30(23)28/h7-13,28H,6,14-18H2,1-5H3,(H,38,39). The lowest BCUT2D eigenvalue weighted by Crippen LogP contribution is -2.45. The van der Waals surface area contributed by atoms with Gasteiger partial charge in [-0.3, -0.25) is 14.4 Å². The molecule has 1 heterocycles. The normalized spacial score (nSPS) is 19.9. The Bertz CT molecular complexity index is 1670. The van der Waals surface area contributed by atoms with E-state index in [-0.39, 0.29) is 58.4 Å². The second-order valence-corrected chi connectivity index (χ2v) is 15.5. The van der Waals surface area contributed by atoms with Crippen molar-refractivity contribution in [2.24, 2.45) is 10.8 Å². The minimum Gasteiger partial charge on any atom is -0.490 e. The van der Waals surface area contributed by atoms with Crippen LogP contribution in [0.2, 0.25) is 0 Å². The molecule has 1 aliphatic heterocycles. The van der Waals surface area contributed by atoms with Gasteiger partial charge in [0.15, 0.2) is 23.1 Å². The van der Waals surface area contributed by atoms with Crippen molar-refractivity contribution in [2.75, 3.05) is 13.2 Å². The molecule has 234 valence electrons. The minimum atomic E-state index is -4.21. The molecular formula is C33H36BrNO8S. The molecule has 0 aromatic heterocycles. The molecule has 0 radical (unpaired) electrons. The van der Waals surface area contributed by atoms with Crippen LogP contribution in [-0.2, 0) is 24.5 Å². The number of halogens is 1. The van der Waals surface area contributed by atoms with Crippen molar-refractivity contribution < 1.29 is 36.8 Å². The number of rotatable bonds is 8. The molecule has 3 aliphatic rings. The van der Waals surface area contributed by atoms with Gasteiger partial charge in [-0.25, -0.2) is 0 Å². The lowest BCUT2D eigenvalue weighted by atomic mass is 9.63. The fourth-order valence-electron chi connectivity index (χ4n) is 6.55. The average molecular weight is 687 g/mol. The van der Waals surface area contributed by atoms with Crippen LogP contribution in [0, 0.1) is 10.8 Å². The molecule has 2 aliphatic carbocycles. The predicted molar refractivity (Wildman–Crippen MR) is 167 cm³/mol. The summed E-state index contributed by atoms with van der Waals surface area (Å²) in [7, 11) is -4.21. The van der Waals surface area contributed by atoms with Crippen LogP contribution < -0.4 is 8.92 Å². The van der Waals surface area contributed by atoms with Crippen molar-refractivity contribution in [3.63, 3.8) is 0 Å². The SMILES string of the molecule is CCOc1cc(C2C3=C(CC(C)(C)CC3=O)N(CC(=O)O)C3=C2C(=O)CC(C)(C)C3)cc(Br)c1OS(=O)(=O)c1ccccc1. The second-order valence-electron chi connectivity index (χ2n) is 13.1. The first kappa shape index (κ1) is 32.0. The van der Waals surface area contributed by atoms with E-state index >= 15 is 0 Å². The molecule has 0 bridgehead atoms. The van der Waals surface area contributed by atoms with E-state index in [9.17, 15) is 27.9 Å². The molecule has 0 fully saturated rings. The average Bonchev–Trinajstić information content (AvgIpc) is 2.90. The Morgan fingerprint density at radius 1 is 0.955 bits per heavy atom. The predicted octanol–water partition coefficient (Wildman–Crippen LogP) is 6.39. The molecule has 0 spiro atoms. The van der Waals surface area contributed by atoms with Gasteiger partial charge in [0.1, 0.15) is 11.4 Å². The number of hydrogen-bond acceptors (Lipinski definition) is 8. The zero-order chi connectivity index (χ0) is 32.2. The number of ether oxygens (including phenoxy) is 1. The van der Waals surface area contributed by atoms with Crippen LogP contribution in [0.3, 0.4) is 0 Å². The number of carboxylic acid groups (broad SMARTS) is 1. The highest BCUT2D eigenvalue weighted by atomic mass is 79.9. The van der Waals surface area contributed by atoms with E-state index < -0.39 is 32.8 Å². The number of allylic oxidation sites excluding steroid dienone is 4. The maximum absolute atomic E-state index is 14.0. The van der Waals surface area contributed by atoms with Gasteiger partial charge in [0.05, 0.1) is 11.1 Å². The van der Waals surface area contributed by atoms with Crippen molar-refractivity contribution in [1.82, 2.24) is 4.90 Å². The first-order valence-electron chi connectivity index (χ1n) is 14.5. The van der Waals surface area contributed by atoms with Gasteiger partial charge in [-0.15, -0.1) is 0 Å². The molecule has 0 unspecified atom stereocenters. The summed E-state index contributed by atoms with van der Waals surface area (Å²) in [6.45, 7) is 9.49. The molecule has 11 heteroatoms. The summed E-state index contributed by atoms with van der Waals surface area (Å²) in [5.41, 5.74) is 1.75. The van der Waals surface area contributed by atoms with Crippen LogP contribution in [0.4, 0.5) is 0 Å². The molecular weight excluding hydrogens is 650 g/mol. The van der Waals surface area contributed by atoms with Crippen molar-refractivity contribution in [2.45, 2.75) is 71.1 Å². The topological polar surface area (TPSA) is 127 Å². The van der Waals surface area contributed by atoms with E-state index in [4.69, 9.17) is 8.92 Å². The summed E-state index contributed by atoms with van der Waals surface area (Å²) in [6, 6.07) is 11.0. The van der Waals surface area contributed by atoms with Crippen molar-refractivity contribution in [1.29, 1.82) is 0 Å². The Hall–Kier alpha value is -3.44. The fraction of sp³-hybridized carbons (Fsp3) is 0.424. The number of Topliss-reactive ketones (excluding diaryl/α,β-unsaturated/α-hetero) is 2. The van der Waals surface area contributed by atoms with Crippen molar-refractivity contribution in [3.05, 3.63) is 75.0 Å². The summed E-state index contributed by atoms with van der Waals surface area (Å²) in [5.74, 6) is -2.08. The maximum Gasteiger partial charge on any atom is 0.339 e. The van der Waals surface area contributed by atoms with E-state index in [1.165, 1.54) is 12.1 Å². The second kappa shape index (κ2) is 11.5. The summed E-state index contributed by atoms with van der Waals surface area (Å²) in [5, 5.41) is 9.92. The minimum absolute atomic E-state index is 0.0281. The Morgan fingerprint density at radius 2 is 1.50 bits per heavy atom. The number of nitrogens with zero attached hydrogens (tertiary/aromatic N) is 1. The first-order chi connectivity index (χ1) is 20.5. The summed E-state index contributed by atoms with van der Waals surface area (Å²) in [6.07, 6.45) is 1.39. The lowest BCUT2D eigenvalue weighted by molar-refractivity contribution is -0.138. The molecule has 2 aromatic carbocycles. The Kier molecular flexibility index (Phi) is 8.35. The lowest BCUT2D eigenvalue weighted by Gasteiger charge is -2.48. The summed E-state index contributed by atoms with van der Waals surface area (Å²) in [4.78, 5) is 41.7. The highest BCUT2D eigenvalue weighted by molar-refractivity contribution is 9.10. The summed E-state index contributed by atoms with van der Waals surface area (Å²) < 4.78 is 38.0. The third kappa shape index (κ3) is 6.08. The first-order valence-corrected chi connectivity index (χ1v) is 16.7. The van der Waals surface area contributed by atoms with Crippen LogP contribution in [0.15, 0.2) is 74.4 Å². The quantitative estimate of drug-likeness (QED) is 0.315. The Morgan fingerprint density at radius 3 is 2.00 bits per heavy atom. The molecule has 9 nitrogen and oxygen atoms in total. The van der Waals surface area contributed by atoms with E-state index in [1.807, 2.05) is 27.7 Å². The van der Waals surface area contributed by atoms with Crippen molar-refractivity contribution >= 4 is 43.6 Å². The van der Waals surface area contributed by atoms with E-state index in [1.54, 1.807) is 42.2 Å². The molecule has 0 saturated heterocycles. The number of carbonyl (C=O) groups excluding carboxylic acids is 2. The third-order valence-corrected chi connectivity index (χ3v) is 10.0. The molecule has 2 aromatic rings. The van der Waals surface area contributed by atoms with Gasteiger partial charge in [0.25, 0.3) is 0 Å². The molecule has 5 rings (SSSR count). The number of ketones is 2. The smallest absolute Gasteiger partial charge is 0.339 e. The van der Waals surface area contributed by atoms with E-state index in [0.717, 1.165) is 0 Å². The maximum atomic E-state index is 14.0. The van der Waals surface area contributed by atoms with Gasteiger partial charge in [0, 0.05) is 41.3 Å². The van der Waals surface area contributed by atoms with Crippen LogP contribution in [0.5, 0.6) is 11.5 Å². The Balaban J connectivity index is 1.73. The van der Waals surface area contributed by atoms with Gasteiger partial charge in [0.2, 0.25) is 0 Å². The third-order valence-electron chi connectivity index (χ3n) is 8.21. The van der Waals surface area contributed by atoms with Crippen LogP contribution in [-0.4, -0.2) is 49.1 Å². The zero-order valence-corrected chi connectivity index (χ0v) is 27.8. The van der Waals surface area contributed by atoms with Gasteiger partial charge in [-0.05, 0) is 76.4 Å². The van der Waals surface area contributed by atoms with Crippen LogP contribution >= 0.6 is 15.9 Å². The highest BCUT2D eigenvalue weighted by Crippen LogP contribution is 2.55. The number of hydrogen-bond donors (Lipinski definition) is 1. The summed E-state index contributed by atoms with van der Waals surface area (Å²) >= 11 is 3.49. The number of aliphatic carboxylic acids is 1. The zero-order valence-electron chi connectivity index (χ0n) is 25.4. The fourth-order valence-corrected chi connectivity index (χ4v) is 8.18. The highest BCUT2D eigenvalue weighted by Gasteiger charge is 2.49. The number of carbonyl (C=O) groups is 3. The molecule has 0 saturated carbocycles. The molecule has 0 atom stereocenters. The van der Waals surface area contributed by atoms with Gasteiger partial charge >= 0.3 is 16.1 Å². The number of benzene rings is 2. The molecule has 0 amide bonds. The van der Waals surface area contributed by atoms with Crippen molar-refractivity contribution in [3.8, 4) is 11.5 Å². The molecule has 44 heavy (non-hydrogen) atoms. The largest absolute Gasteiger partial charge is 0.490 e. The van der Waals surface area contributed by atoms with E-state index in [2.05, 4.69) is 15.9 Å². The Labute approximate surface area is 266 Å². The van der Waals surface area contributed by atoms with Gasteiger partial charge in [-0.1, -0.05) is 45.9 Å². The van der Waals surface area contributed by atoms with Crippen LogP contribution in [0.1, 0.15) is 71.8 Å². The van der Waals surface area contributed by atoms with Crippen LogP contribution in [0.25, 0.3) is 0 Å². The molecule has 1 N–H and O–H groups in total. The van der Waals surface area contributed by atoms with Gasteiger partial charge < -0.3 is 18.9 Å². The monoisotopic (exact) mass is 685 g/mol. The number of carboxylic acids is 1. The van der Waals surface area contributed by atoms with E-state index in [0.29, 0.717) is 40.9 Å².